The van der Waals surface area contributed by atoms with E-state index in [1.54, 1.807) is 24.4 Å². The molecule has 1 heterocycles. The Morgan fingerprint density at radius 2 is 2.11 bits per heavy atom. The van der Waals surface area contributed by atoms with Gasteiger partial charge in [0.05, 0.1) is 5.02 Å². The number of pyridine rings is 1. The molecule has 92 valence electrons. The summed E-state index contributed by atoms with van der Waals surface area (Å²) in [6.07, 6.45) is 1.65. The molecule has 3 nitrogen and oxygen atoms in total. The molecule has 1 aromatic heterocycles. The molecule has 0 saturated carbocycles. The second kappa shape index (κ2) is 5.65. The van der Waals surface area contributed by atoms with E-state index in [9.17, 15) is 0 Å². The van der Waals surface area contributed by atoms with Crippen LogP contribution in [0, 0.1) is 0 Å². The number of thiocarbonyl (C=S) groups is 1. The van der Waals surface area contributed by atoms with Crippen LogP contribution in [0.2, 0.25) is 5.02 Å². The van der Waals surface area contributed by atoms with Gasteiger partial charge < -0.3 is 11.1 Å². The highest BCUT2D eigenvalue weighted by atomic mass is 79.9. The summed E-state index contributed by atoms with van der Waals surface area (Å²) in [5.74, 6) is 0.665. The molecule has 0 bridgehead atoms. The summed E-state index contributed by atoms with van der Waals surface area (Å²) >= 11 is 14.3. The zero-order chi connectivity index (χ0) is 13.1. The molecule has 0 unspecified atom stereocenters. The summed E-state index contributed by atoms with van der Waals surface area (Å²) in [7, 11) is 0. The zero-order valence-corrected chi connectivity index (χ0v) is 12.3. The number of hydrogen-bond donors (Lipinski definition) is 2. The molecule has 0 spiro atoms. The Morgan fingerprint density at radius 3 is 2.78 bits per heavy atom. The van der Waals surface area contributed by atoms with Gasteiger partial charge in [-0.2, -0.15) is 0 Å². The molecule has 0 fully saturated rings. The minimum Gasteiger partial charge on any atom is -0.389 e. The highest BCUT2D eigenvalue weighted by Gasteiger charge is 2.02. The summed E-state index contributed by atoms with van der Waals surface area (Å²) in [6.45, 7) is 0. The Balaban J connectivity index is 2.25. The fourth-order valence-corrected chi connectivity index (χ4v) is 1.93. The van der Waals surface area contributed by atoms with E-state index in [1.807, 2.05) is 12.1 Å². The molecule has 6 heteroatoms. The van der Waals surface area contributed by atoms with Crippen LogP contribution in [0.3, 0.4) is 0 Å². The molecule has 0 saturated heterocycles. The minimum atomic E-state index is 0.342. The number of anilines is 2. The number of rotatable bonds is 3. The fraction of sp³-hybridized carbons (Fsp3) is 0. The van der Waals surface area contributed by atoms with Gasteiger partial charge in [-0.3, -0.25) is 0 Å². The Morgan fingerprint density at radius 1 is 1.33 bits per heavy atom. The van der Waals surface area contributed by atoms with E-state index in [1.165, 1.54) is 0 Å². The van der Waals surface area contributed by atoms with Gasteiger partial charge in [0, 0.05) is 21.9 Å². The van der Waals surface area contributed by atoms with Crippen molar-refractivity contribution in [2.75, 3.05) is 5.32 Å². The Hall–Kier alpha value is -1.17. The largest absolute Gasteiger partial charge is 0.389 e. The van der Waals surface area contributed by atoms with E-state index in [4.69, 9.17) is 29.6 Å². The molecule has 0 aliphatic carbocycles. The maximum Gasteiger partial charge on any atom is 0.130 e. The highest BCUT2D eigenvalue weighted by molar-refractivity contribution is 9.10. The van der Waals surface area contributed by atoms with E-state index in [2.05, 4.69) is 26.2 Å². The van der Waals surface area contributed by atoms with E-state index < -0.39 is 0 Å². The first kappa shape index (κ1) is 13.3. The van der Waals surface area contributed by atoms with Crippen LogP contribution >= 0.6 is 39.7 Å². The maximum absolute atomic E-state index is 6.01. The van der Waals surface area contributed by atoms with E-state index in [-0.39, 0.29) is 0 Å². The summed E-state index contributed by atoms with van der Waals surface area (Å²) in [4.78, 5) is 4.53. The van der Waals surface area contributed by atoms with Gasteiger partial charge in [0.25, 0.3) is 0 Å². The number of hydrogen-bond acceptors (Lipinski definition) is 3. The second-order valence-corrected chi connectivity index (χ2v) is 5.25. The van der Waals surface area contributed by atoms with Crippen molar-refractivity contribution in [3.63, 3.8) is 0 Å². The van der Waals surface area contributed by atoms with Crippen LogP contribution in [0.15, 0.2) is 41.0 Å². The van der Waals surface area contributed by atoms with Crippen molar-refractivity contribution < 1.29 is 0 Å². The van der Waals surface area contributed by atoms with Gasteiger partial charge in [0.2, 0.25) is 0 Å². The van der Waals surface area contributed by atoms with Crippen LogP contribution in [-0.2, 0) is 0 Å². The molecule has 0 amide bonds. The van der Waals surface area contributed by atoms with E-state index in [0.717, 1.165) is 15.7 Å². The zero-order valence-electron chi connectivity index (χ0n) is 9.15. The van der Waals surface area contributed by atoms with Crippen molar-refractivity contribution in [2.24, 2.45) is 5.73 Å². The number of nitrogens with one attached hydrogen (secondary N) is 1. The fourth-order valence-electron chi connectivity index (χ4n) is 1.37. The van der Waals surface area contributed by atoms with Crippen LogP contribution < -0.4 is 11.1 Å². The van der Waals surface area contributed by atoms with Crippen LogP contribution in [0.25, 0.3) is 0 Å². The summed E-state index contributed by atoms with van der Waals surface area (Å²) < 4.78 is 0.847. The monoisotopic (exact) mass is 341 g/mol. The normalized spacial score (nSPS) is 10.1. The van der Waals surface area contributed by atoms with Crippen LogP contribution in [-0.4, -0.2) is 9.97 Å². The SMILES string of the molecule is NC(=S)c1ccnc(Nc2ccc(Br)c(Cl)c2)c1. The molecule has 0 aliphatic rings. The van der Waals surface area contributed by atoms with Crippen LogP contribution in [0.1, 0.15) is 5.56 Å². The topological polar surface area (TPSA) is 50.9 Å². The third kappa shape index (κ3) is 3.19. The Kier molecular flexibility index (Phi) is 4.16. The van der Waals surface area contributed by atoms with E-state index >= 15 is 0 Å². The lowest BCUT2D eigenvalue weighted by atomic mass is 10.2. The molecular formula is C12H9BrClN3S. The Labute approximate surface area is 123 Å². The molecule has 2 aromatic rings. The van der Waals surface area contributed by atoms with Gasteiger partial charge in [-0.15, -0.1) is 0 Å². The van der Waals surface area contributed by atoms with Gasteiger partial charge >= 0.3 is 0 Å². The average molecular weight is 343 g/mol. The minimum absolute atomic E-state index is 0.342. The van der Waals surface area contributed by atoms with Crippen LogP contribution in [0.4, 0.5) is 11.5 Å². The standard InChI is InChI=1S/C12H9BrClN3S/c13-9-2-1-8(6-10(9)14)17-11-5-7(12(15)18)3-4-16-11/h1-6H,(H2,15,18)(H,16,17). The third-order valence-electron chi connectivity index (χ3n) is 2.24. The highest BCUT2D eigenvalue weighted by Crippen LogP contribution is 2.26. The lowest BCUT2D eigenvalue weighted by Crippen LogP contribution is -2.09. The number of nitrogens with zero attached hydrogens (tertiary/aromatic N) is 1. The molecule has 0 radical (unpaired) electrons. The average Bonchev–Trinajstić information content (AvgIpc) is 2.34. The quantitative estimate of drug-likeness (QED) is 0.831. The van der Waals surface area contributed by atoms with Crippen molar-refractivity contribution in [1.82, 2.24) is 4.98 Å². The molecule has 1 aromatic carbocycles. The molecule has 0 aliphatic heterocycles. The van der Waals surface area contributed by atoms with Gasteiger partial charge in [0.1, 0.15) is 10.8 Å². The molecular weight excluding hydrogens is 334 g/mol. The number of nitrogens with two attached hydrogens (primary N) is 1. The van der Waals surface area contributed by atoms with Crippen molar-refractivity contribution in [3.8, 4) is 0 Å². The van der Waals surface area contributed by atoms with Crippen molar-refractivity contribution in [1.29, 1.82) is 0 Å². The van der Waals surface area contributed by atoms with Gasteiger partial charge in [-0.1, -0.05) is 23.8 Å². The number of aromatic nitrogens is 1. The summed E-state index contributed by atoms with van der Waals surface area (Å²) in [5, 5.41) is 3.77. The first-order valence-electron chi connectivity index (χ1n) is 5.04. The molecule has 0 atom stereocenters. The Bertz CT molecular complexity index is 604. The van der Waals surface area contributed by atoms with E-state index in [0.29, 0.717) is 15.8 Å². The second-order valence-electron chi connectivity index (χ2n) is 3.55. The van der Waals surface area contributed by atoms with Crippen molar-refractivity contribution in [2.45, 2.75) is 0 Å². The molecule has 3 N–H and O–H groups in total. The first-order chi connectivity index (χ1) is 8.56. The van der Waals surface area contributed by atoms with Crippen LogP contribution in [0.5, 0.6) is 0 Å². The lowest BCUT2D eigenvalue weighted by molar-refractivity contribution is 1.30. The van der Waals surface area contributed by atoms with Gasteiger partial charge in [-0.05, 0) is 46.3 Å². The molecule has 18 heavy (non-hydrogen) atoms. The number of benzene rings is 1. The smallest absolute Gasteiger partial charge is 0.130 e. The maximum atomic E-state index is 6.01. The van der Waals surface area contributed by atoms with Crippen molar-refractivity contribution >= 4 is 56.2 Å². The predicted molar refractivity (Wildman–Crippen MR) is 82.6 cm³/mol. The summed E-state index contributed by atoms with van der Waals surface area (Å²) in [5.41, 5.74) is 7.18. The summed E-state index contributed by atoms with van der Waals surface area (Å²) in [6, 6.07) is 9.12. The number of halogens is 2. The lowest BCUT2D eigenvalue weighted by Gasteiger charge is -2.07. The third-order valence-corrected chi connectivity index (χ3v) is 3.70. The first-order valence-corrected chi connectivity index (χ1v) is 6.62. The van der Waals surface area contributed by atoms with Gasteiger partial charge in [0.15, 0.2) is 0 Å². The van der Waals surface area contributed by atoms with Crippen molar-refractivity contribution in [3.05, 3.63) is 51.6 Å². The molecule has 2 rings (SSSR count). The van der Waals surface area contributed by atoms with Gasteiger partial charge in [-0.25, -0.2) is 4.98 Å². The predicted octanol–water partition coefficient (Wildman–Crippen LogP) is 3.88.